The summed E-state index contributed by atoms with van der Waals surface area (Å²) in [6.07, 6.45) is -1.81. The molecule has 2 rings (SSSR count). The minimum Gasteiger partial charge on any atom is -0.329 e. The van der Waals surface area contributed by atoms with Gasteiger partial charge in [0.25, 0.3) is 0 Å². The summed E-state index contributed by atoms with van der Waals surface area (Å²) in [7, 11) is -2.74. The molecule has 0 aliphatic rings. The predicted molar refractivity (Wildman–Crippen MR) is 75.3 cm³/mol. The van der Waals surface area contributed by atoms with Crippen molar-refractivity contribution >= 4 is 9.73 Å². The normalized spacial score (nSPS) is 15.5. The summed E-state index contributed by atoms with van der Waals surface area (Å²) in [4.78, 5) is 3.28. The van der Waals surface area contributed by atoms with Crippen molar-refractivity contribution in [3.05, 3.63) is 35.7 Å². The molecule has 1 heterocycles. The molecule has 6 nitrogen and oxygen atoms in total. The van der Waals surface area contributed by atoms with Crippen LogP contribution in [0, 0.1) is 11.5 Å². The van der Waals surface area contributed by atoms with Gasteiger partial charge in [0.15, 0.2) is 0 Å². The van der Waals surface area contributed by atoms with E-state index in [1.165, 1.54) is 24.6 Å². The van der Waals surface area contributed by atoms with E-state index in [2.05, 4.69) is 19.0 Å². The summed E-state index contributed by atoms with van der Waals surface area (Å²) in [5.74, 6) is -1.62. The summed E-state index contributed by atoms with van der Waals surface area (Å²) in [6, 6.07) is 6.11. The van der Waals surface area contributed by atoms with Crippen LogP contribution in [0.3, 0.4) is 0 Å². The van der Waals surface area contributed by atoms with Crippen LogP contribution >= 0.6 is 0 Å². The fourth-order valence-electron chi connectivity index (χ4n) is 1.77. The second-order valence-electron chi connectivity index (χ2n) is 4.74. The van der Waals surface area contributed by atoms with Crippen molar-refractivity contribution in [2.24, 2.45) is 4.36 Å². The van der Waals surface area contributed by atoms with Crippen molar-refractivity contribution < 1.29 is 21.9 Å². The second-order valence-corrected chi connectivity index (χ2v) is 7.35. The summed E-state index contributed by atoms with van der Waals surface area (Å²) in [5.41, 5.74) is 0.944. The van der Waals surface area contributed by atoms with Crippen molar-refractivity contribution in [1.29, 1.82) is 5.26 Å². The maximum Gasteiger partial charge on any atom is 0.471 e. The van der Waals surface area contributed by atoms with Crippen molar-refractivity contribution in [3.8, 4) is 17.6 Å². The quantitative estimate of drug-likeness (QED) is 0.796. The number of halogens is 3. The Morgan fingerprint density at radius 1 is 1.35 bits per heavy atom. The third-order valence-corrected chi connectivity index (χ3v) is 5.21. The smallest absolute Gasteiger partial charge is 0.329 e. The Bertz CT molecular complexity index is 859. The van der Waals surface area contributed by atoms with Crippen LogP contribution in [0.1, 0.15) is 23.6 Å². The summed E-state index contributed by atoms with van der Waals surface area (Å²) < 4.78 is 57.1. The zero-order valence-corrected chi connectivity index (χ0v) is 12.9. The molecule has 0 spiro atoms. The van der Waals surface area contributed by atoms with Gasteiger partial charge in [-0.05, 0) is 12.5 Å². The Morgan fingerprint density at radius 2 is 1.96 bits per heavy atom. The molecule has 10 heteroatoms. The van der Waals surface area contributed by atoms with Crippen LogP contribution in [-0.2, 0) is 15.9 Å². The van der Waals surface area contributed by atoms with E-state index in [0.29, 0.717) is 11.1 Å². The SMILES string of the molecule is CC(c1ccc(-c2noc(C(F)(F)F)n2)cc1)S(C)(=O)=NC#N. The highest BCUT2D eigenvalue weighted by Crippen LogP contribution is 2.30. The molecule has 122 valence electrons. The molecule has 0 saturated heterocycles. The Kier molecular flexibility index (Phi) is 4.42. The highest BCUT2D eigenvalue weighted by atomic mass is 32.2. The molecule has 2 aromatic rings. The third kappa shape index (κ3) is 3.68. The van der Waals surface area contributed by atoms with E-state index in [4.69, 9.17) is 5.26 Å². The van der Waals surface area contributed by atoms with E-state index in [0.717, 1.165) is 0 Å². The van der Waals surface area contributed by atoms with Gasteiger partial charge in [0.05, 0.1) is 15.0 Å². The van der Waals surface area contributed by atoms with E-state index in [1.54, 1.807) is 19.1 Å². The number of nitriles is 1. The van der Waals surface area contributed by atoms with Crippen molar-refractivity contribution in [1.82, 2.24) is 10.1 Å². The highest BCUT2D eigenvalue weighted by molar-refractivity contribution is 7.93. The summed E-state index contributed by atoms with van der Waals surface area (Å²) >= 11 is 0. The van der Waals surface area contributed by atoms with Crippen molar-refractivity contribution in [2.75, 3.05) is 6.26 Å². The molecule has 0 aliphatic heterocycles. The first-order valence-corrected chi connectivity index (χ1v) is 8.24. The number of rotatable bonds is 3. The van der Waals surface area contributed by atoms with Crippen LogP contribution < -0.4 is 0 Å². The van der Waals surface area contributed by atoms with Gasteiger partial charge in [-0.15, -0.1) is 4.36 Å². The molecule has 0 amide bonds. The molecule has 0 saturated carbocycles. The number of aromatic nitrogens is 2. The first-order chi connectivity index (χ1) is 10.6. The van der Waals surface area contributed by atoms with Crippen LogP contribution in [0.15, 0.2) is 33.2 Å². The van der Waals surface area contributed by atoms with E-state index in [9.17, 15) is 17.4 Å². The van der Waals surface area contributed by atoms with Gasteiger partial charge in [-0.2, -0.15) is 23.4 Å². The number of hydrogen-bond donors (Lipinski definition) is 0. The average molecular weight is 344 g/mol. The molecule has 0 N–H and O–H groups in total. The largest absolute Gasteiger partial charge is 0.471 e. The van der Waals surface area contributed by atoms with Crippen molar-refractivity contribution in [3.63, 3.8) is 0 Å². The van der Waals surface area contributed by atoms with Gasteiger partial charge < -0.3 is 4.52 Å². The van der Waals surface area contributed by atoms with Crippen LogP contribution in [0.5, 0.6) is 0 Å². The van der Waals surface area contributed by atoms with E-state index in [1.807, 2.05) is 0 Å². The van der Waals surface area contributed by atoms with Gasteiger partial charge in [0.1, 0.15) is 0 Å². The van der Waals surface area contributed by atoms with Gasteiger partial charge in [0, 0.05) is 11.8 Å². The molecule has 23 heavy (non-hydrogen) atoms. The first-order valence-electron chi connectivity index (χ1n) is 6.25. The lowest BCUT2D eigenvalue weighted by Crippen LogP contribution is -2.07. The lowest BCUT2D eigenvalue weighted by molar-refractivity contribution is -0.159. The molecule has 0 aliphatic carbocycles. The average Bonchev–Trinajstić information content (AvgIpc) is 2.96. The Balaban J connectivity index is 2.30. The zero-order valence-electron chi connectivity index (χ0n) is 12.0. The van der Waals surface area contributed by atoms with Gasteiger partial charge >= 0.3 is 12.1 Å². The molecular weight excluding hydrogens is 333 g/mol. The Morgan fingerprint density at radius 3 is 2.43 bits per heavy atom. The summed E-state index contributed by atoms with van der Waals surface area (Å²) in [6.45, 7) is 1.65. The van der Waals surface area contributed by atoms with Crippen LogP contribution in [0.25, 0.3) is 11.4 Å². The fraction of sp³-hybridized carbons (Fsp3) is 0.308. The Labute approximate surface area is 130 Å². The summed E-state index contributed by atoms with van der Waals surface area (Å²) in [5, 5.41) is 11.3. The molecule has 0 bridgehead atoms. The van der Waals surface area contributed by atoms with Crippen molar-refractivity contribution in [2.45, 2.75) is 18.3 Å². The monoisotopic (exact) mass is 344 g/mol. The molecule has 0 fully saturated rings. The third-order valence-electron chi connectivity index (χ3n) is 3.18. The first kappa shape index (κ1) is 17.0. The molecule has 1 aromatic heterocycles. The van der Waals surface area contributed by atoms with Gasteiger partial charge in [-0.3, -0.25) is 0 Å². The topological polar surface area (TPSA) is 92.1 Å². The molecule has 0 radical (unpaired) electrons. The molecule has 2 unspecified atom stereocenters. The number of benzene rings is 1. The lowest BCUT2D eigenvalue weighted by atomic mass is 10.1. The molecule has 1 aromatic carbocycles. The molecule has 2 atom stereocenters. The van der Waals surface area contributed by atoms with Gasteiger partial charge in [-0.1, -0.05) is 29.4 Å². The predicted octanol–water partition coefficient (Wildman–Crippen LogP) is 3.40. The zero-order chi connectivity index (χ0) is 17.3. The minimum absolute atomic E-state index is 0.199. The van der Waals surface area contributed by atoms with E-state index >= 15 is 0 Å². The highest BCUT2D eigenvalue weighted by Gasteiger charge is 2.38. The standard InChI is InChI=1S/C13H11F3N4O2S/c1-8(23(2,21)18-7-17)9-3-5-10(6-4-9)11-19-12(22-20-11)13(14,15)16/h3-6,8H,1-2H3. The minimum atomic E-state index is -4.70. The maximum atomic E-state index is 12.4. The van der Waals surface area contributed by atoms with E-state index in [-0.39, 0.29) is 5.82 Å². The lowest BCUT2D eigenvalue weighted by Gasteiger charge is -2.12. The molecular formula is C13H11F3N4O2S. The second kappa shape index (κ2) is 6.00. The van der Waals surface area contributed by atoms with Crippen LogP contribution in [0.2, 0.25) is 0 Å². The number of hydrogen-bond acceptors (Lipinski definition) is 6. The van der Waals surface area contributed by atoms with Gasteiger partial charge in [-0.25, -0.2) is 4.21 Å². The fourth-order valence-corrected chi connectivity index (χ4v) is 2.75. The van der Waals surface area contributed by atoms with E-state index < -0.39 is 27.0 Å². The van der Waals surface area contributed by atoms with Gasteiger partial charge in [0.2, 0.25) is 12.0 Å². The number of alkyl halides is 3. The number of nitrogens with zero attached hydrogens (tertiary/aromatic N) is 4. The Hall–Kier alpha value is -2.41. The van der Waals surface area contributed by atoms with Crippen LogP contribution in [-0.4, -0.2) is 20.6 Å². The maximum absolute atomic E-state index is 12.4. The van der Waals surface area contributed by atoms with Crippen LogP contribution in [0.4, 0.5) is 13.2 Å².